The Kier molecular flexibility index (Phi) is 2.31. The van der Waals surface area contributed by atoms with Crippen LogP contribution in [0.3, 0.4) is 0 Å². The molecule has 0 N–H and O–H groups in total. The molecule has 0 bridgehead atoms. The van der Waals surface area contributed by atoms with E-state index in [1.807, 2.05) is 0 Å². The van der Waals surface area contributed by atoms with Crippen molar-refractivity contribution in [2.45, 2.75) is 0 Å². The first kappa shape index (κ1) is 7.85. The van der Waals surface area contributed by atoms with Gasteiger partial charge in [-0.15, -0.1) is 0 Å². The monoisotopic (exact) mass is 158 g/mol. The van der Waals surface area contributed by atoms with Gasteiger partial charge in [-0.25, -0.2) is 13.2 Å². The highest BCUT2D eigenvalue weighted by Gasteiger charge is 1.98. The summed E-state index contributed by atoms with van der Waals surface area (Å²) in [6.07, 6.45) is -0.159. The fraction of sp³-hybridized carbons (Fsp3) is 0. The SMILES string of the molecule is FC=C(F)c1ccc(F)cc1. The number of hydrogen-bond acceptors (Lipinski definition) is 0. The van der Waals surface area contributed by atoms with Crippen LogP contribution in [0, 0.1) is 5.82 Å². The summed E-state index contributed by atoms with van der Waals surface area (Å²) in [6.45, 7) is 0. The average molecular weight is 158 g/mol. The molecule has 0 saturated heterocycles. The van der Waals surface area contributed by atoms with Gasteiger partial charge in [0.05, 0.1) is 0 Å². The lowest BCUT2D eigenvalue weighted by Crippen LogP contribution is -1.77. The van der Waals surface area contributed by atoms with E-state index in [0.717, 1.165) is 12.1 Å². The molecule has 58 valence electrons. The average Bonchev–Trinajstić information content (AvgIpc) is 2.05. The zero-order valence-electron chi connectivity index (χ0n) is 5.52. The van der Waals surface area contributed by atoms with Crippen LogP contribution in [-0.4, -0.2) is 0 Å². The van der Waals surface area contributed by atoms with Crippen molar-refractivity contribution in [1.29, 1.82) is 0 Å². The van der Waals surface area contributed by atoms with Gasteiger partial charge in [-0.05, 0) is 24.3 Å². The third-order valence-corrected chi connectivity index (χ3v) is 1.22. The maximum Gasteiger partial charge on any atom is 0.158 e. The summed E-state index contributed by atoms with van der Waals surface area (Å²) in [7, 11) is 0. The second-order valence-electron chi connectivity index (χ2n) is 1.96. The molecule has 0 atom stereocenters. The number of hydrogen-bond donors (Lipinski definition) is 0. The van der Waals surface area contributed by atoms with Crippen molar-refractivity contribution in [3.8, 4) is 0 Å². The Morgan fingerprint density at radius 1 is 1.18 bits per heavy atom. The van der Waals surface area contributed by atoms with E-state index in [4.69, 9.17) is 0 Å². The molecule has 3 heteroatoms. The number of halogens is 3. The summed E-state index contributed by atoms with van der Waals surface area (Å²) in [5.41, 5.74) is 0.0360. The van der Waals surface area contributed by atoms with Gasteiger partial charge in [-0.3, -0.25) is 0 Å². The maximum absolute atomic E-state index is 12.4. The molecule has 0 aliphatic rings. The molecular formula is C8H5F3. The van der Waals surface area contributed by atoms with E-state index in [1.165, 1.54) is 12.1 Å². The highest BCUT2D eigenvalue weighted by atomic mass is 19.2. The molecule has 1 aromatic rings. The van der Waals surface area contributed by atoms with E-state index in [2.05, 4.69) is 0 Å². The molecule has 0 unspecified atom stereocenters. The second-order valence-corrected chi connectivity index (χ2v) is 1.96. The molecule has 0 nitrogen and oxygen atoms in total. The summed E-state index contributed by atoms with van der Waals surface area (Å²) >= 11 is 0. The minimum absolute atomic E-state index is 0.0360. The van der Waals surface area contributed by atoms with Gasteiger partial charge >= 0.3 is 0 Å². The molecule has 0 amide bonds. The van der Waals surface area contributed by atoms with E-state index in [1.54, 1.807) is 0 Å². The topological polar surface area (TPSA) is 0 Å². The third kappa shape index (κ3) is 1.83. The predicted octanol–water partition coefficient (Wildman–Crippen LogP) is 3.06. The first-order valence-electron chi connectivity index (χ1n) is 2.96. The molecule has 0 aliphatic carbocycles. The Hall–Kier alpha value is -1.25. The fourth-order valence-corrected chi connectivity index (χ4v) is 0.672. The first-order chi connectivity index (χ1) is 5.24. The molecule has 1 rings (SSSR count). The molecule has 0 radical (unpaired) electrons. The number of rotatable bonds is 1. The van der Waals surface area contributed by atoms with Gasteiger partial charge < -0.3 is 0 Å². The largest absolute Gasteiger partial charge is 0.212 e. The van der Waals surface area contributed by atoms with Crippen LogP contribution in [0.4, 0.5) is 13.2 Å². The van der Waals surface area contributed by atoms with E-state index in [0.29, 0.717) is 0 Å². The maximum atomic E-state index is 12.4. The first-order valence-corrected chi connectivity index (χ1v) is 2.96. The van der Waals surface area contributed by atoms with Crippen LogP contribution in [0.1, 0.15) is 5.56 Å². The Morgan fingerprint density at radius 2 is 1.73 bits per heavy atom. The minimum atomic E-state index is -0.995. The molecular weight excluding hydrogens is 153 g/mol. The van der Waals surface area contributed by atoms with Crippen LogP contribution in [0.2, 0.25) is 0 Å². The normalized spacial score (nSPS) is 11.7. The zero-order valence-corrected chi connectivity index (χ0v) is 5.52. The van der Waals surface area contributed by atoms with E-state index >= 15 is 0 Å². The van der Waals surface area contributed by atoms with E-state index < -0.39 is 11.6 Å². The zero-order chi connectivity index (χ0) is 8.27. The summed E-state index contributed by atoms with van der Waals surface area (Å²) in [4.78, 5) is 0. The van der Waals surface area contributed by atoms with E-state index in [-0.39, 0.29) is 11.9 Å². The lowest BCUT2D eigenvalue weighted by Gasteiger charge is -1.93. The van der Waals surface area contributed by atoms with Gasteiger partial charge in [0.2, 0.25) is 0 Å². The summed E-state index contributed by atoms with van der Waals surface area (Å²) in [5.74, 6) is -1.47. The van der Waals surface area contributed by atoms with Gasteiger partial charge in [0, 0.05) is 5.56 Å². The molecule has 0 fully saturated rings. The quantitative estimate of drug-likeness (QED) is 0.589. The van der Waals surface area contributed by atoms with Gasteiger partial charge in [0.1, 0.15) is 12.1 Å². The molecule has 0 saturated carbocycles. The Morgan fingerprint density at radius 3 is 2.18 bits per heavy atom. The van der Waals surface area contributed by atoms with Crippen LogP contribution < -0.4 is 0 Å². The highest BCUT2D eigenvalue weighted by molar-refractivity contribution is 5.57. The summed E-state index contributed by atoms with van der Waals surface area (Å²) < 4.78 is 36.1. The third-order valence-electron chi connectivity index (χ3n) is 1.22. The van der Waals surface area contributed by atoms with Crippen molar-refractivity contribution < 1.29 is 13.2 Å². The van der Waals surface area contributed by atoms with Crippen LogP contribution in [-0.2, 0) is 0 Å². The van der Waals surface area contributed by atoms with Crippen LogP contribution in [0.15, 0.2) is 30.6 Å². The molecule has 0 heterocycles. The van der Waals surface area contributed by atoms with Crippen molar-refractivity contribution in [3.63, 3.8) is 0 Å². The van der Waals surface area contributed by atoms with Gasteiger partial charge in [0.25, 0.3) is 0 Å². The summed E-state index contributed by atoms with van der Waals surface area (Å²) in [6, 6.07) is 4.47. The highest BCUT2D eigenvalue weighted by Crippen LogP contribution is 2.15. The standard InChI is InChI=1S/C8H5F3/c9-5-8(11)6-1-3-7(10)4-2-6/h1-5H. The van der Waals surface area contributed by atoms with Crippen molar-refractivity contribution in [2.75, 3.05) is 0 Å². The van der Waals surface area contributed by atoms with Crippen molar-refractivity contribution in [1.82, 2.24) is 0 Å². The molecule has 11 heavy (non-hydrogen) atoms. The molecule has 1 aromatic carbocycles. The van der Waals surface area contributed by atoms with E-state index in [9.17, 15) is 13.2 Å². The number of benzene rings is 1. The Balaban J connectivity index is 2.99. The van der Waals surface area contributed by atoms with Gasteiger partial charge in [-0.2, -0.15) is 0 Å². The second kappa shape index (κ2) is 3.23. The van der Waals surface area contributed by atoms with Gasteiger partial charge in [-0.1, -0.05) is 0 Å². The Labute approximate surface area is 62.0 Å². The molecule has 0 aliphatic heterocycles. The molecule has 0 aromatic heterocycles. The fourth-order valence-electron chi connectivity index (χ4n) is 0.672. The van der Waals surface area contributed by atoms with Crippen molar-refractivity contribution in [2.24, 2.45) is 0 Å². The van der Waals surface area contributed by atoms with Crippen molar-refractivity contribution in [3.05, 3.63) is 42.0 Å². The summed E-state index contributed by atoms with van der Waals surface area (Å²) in [5, 5.41) is 0. The Bertz CT molecular complexity index is 261. The van der Waals surface area contributed by atoms with Crippen LogP contribution in [0.25, 0.3) is 5.83 Å². The smallest absolute Gasteiger partial charge is 0.158 e. The lowest BCUT2D eigenvalue weighted by atomic mass is 10.2. The predicted molar refractivity (Wildman–Crippen MR) is 36.6 cm³/mol. The minimum Gasteiger partial charge on any atom is -0.212 e. The lowest BCUT2D eigenvalue weighted by molar-refractivity contribution is 0.626. The van der Waals surface area contributed by atoms with Crippen LogP contribution >= 0.6 is 0 Å². The molecule has 0 spiro atoms. The van der Waals surface area contributed by atoms with Crippen molar-refractivity contribution >= 4 is 5.83 Å². The van der Waals surface area contributed by atoms with Gasteiger partial charge in [0.15, 0.2) is 5.83 Å². The van der Waals surface area contributed by atoms with Crippen LogP contribution in [0.5, 0.6) is 0 Å².